The van der Waals surface area contributed by atoms with E-state index in [2.05, 4.69) is 10.5 Å². The molecule has 0 aromatic heterocycles. The van der Waals surface area contributed by atoms with Crippen molar-refractivity contribution in [2.75, 3.05) is 11.9 Å². The van der Waals surface area contributed by atoms with E-state index in [9.17, 15) is 10.0 Å². The molecule has 0 heterocycles. The minimum absolute atomic E-state index is 0. The Balaban J connectivity index is 0.00000169. The van der Waals surface area contributed by atoms with Crippen molar-refractivity contribution in [2.45, 2.75) is 13.8 Å². The van der Waals surface area contributed by atoms with Crippen LogP contribution in [0.2, 0.25) is 0 Å². The zero-order valence-corrected chi connectivity index (χ0v) is 8.89. The number of nitrogens with one attached hydrogen (secondary N) is 1. The summed E-state index contributed by atoms with van der Waals surface area (Å²) in [6.07, 6.45) is 0. The van der Waals surface area contributed by atoms with Crippen molar-refractivity contribution in [1.29, 1.82) is 0 Å². The second-order valence-corrected chi connectivity index (χ2v) is 2.78. The fraction of sp³-hybridized carbons (Fsp3) is 0.333. The number of phenols is 1. The molecule has 0 unspecified atom stereocenters. The number of nitroso groups, excluding NO2 is 1. The van der Waals surface area contributed by atoms with Gasteiger partial charge in [-0.15, -0.1) is 17.3 Å². The lowest BCUT2D eigenvalue weighted by atomic mass is 10.1. The van der Waals surface area contributed by atoms with Gasteiger partial charge in [-0.25, -0.2) is 0 Å². The molecule has 0 radical (unpaired) electrons. The number of rotatable bonds is 3. The molecule has 2 N–H and O–H groups in total. The Morgan fingerprint density at radius 3 is 2.64 bits per heavy atom. The molecule has 1 aromatic rings. The Morgan fingerprint density at radius 1 is 1.50 bits per heavy atom. The van der Waals surface area contributed by atoms with Gasteiger partial charge in [-0.05, 0) is 30.7 Å². The molecule has 0 saturated heterocycles. The maximum absolute atomic E-state index is 10.2. The standard InChI is InChI=1S/C9H12N2O2.ClH/c1-3-10-7-5-9(12)8(11-13)4-6(7)2;/h4-5,10,12H,3H2,1-2H3;1H. The summed E-state index contributed by atoms with van der Waals surface area (Å²) >= 11 is 0. The molecule has 5 heteroatoms. The van der Waals surface area contributed by atoms with Crippen LogP contribution in [-0.2, 0) is 0 Å². The third-order valence-electron chi connectivity index (χ3n) is 1.79. The maximum atomic E-state index is 10.2. The molecule has 0 aliphatic heterocycles. The van der Waals surface area contributed by atoms with Crippen molar-refractivity contribution in [3.05, 3.63) is 22.6 Å². The molecule has 4 nitrogen and oxygen atoms in total. The minimum atomic E-state index is -0.0865. The smallest absolute Gasteiger partial charge is 0.150 e. The lowest BCUT2D eigenvalue weighted by Gasteiger charge is -2.08. The van der Waals surface area contributed by atoms with E-state index >= 15 is 0 Å². The van der Waals surface area contributed by atoms with E-state index < -0.39 is 0 Å². The van der Waals surface area contributed by atoms with Crippen LogP contribution in [0.15, 0.2) is 17.3 Å². The van der Waals surface area contributed by atoms with Gasteiger partial charge in [0.15, 0.2) is 0 Å². The highest BCUT2D eigenvalue weighted by Gasteiger charge is 2.05. The molecule has 0 bridgehead atoms. The molecule has 14 heavy (non-hydrogen) atoms. The third-order valence-corrected chi connectivity index (χ3v) is 1.79. The molecule has 1 rings (SSSR count). The monoisotopic (exact) mass is 216 g/mol. The fourth-order valence-electron chi connectivity index (χ4n) is 1.14. The van der Waals surface area contributed by atoms with Crippen molar-refractivity contribution in [3.8, 4) is 5.75 Å². The van der Waals surface area contributed by atoms with Gasteiger partial charge in [-0.3, -0.25) is 0 Å². The number of hydrogen-bond donors (Lipinski definition) is 2. The Bertz CT molecular complexity index is 329. The summed E-state index contributed by atoms with van der Waals surface area (Å²) in [7, 11) is 0. The van der Waals surface area contributed by atoms with Crippen molar-refractivity contribution in [3.63, 3.8) is 0 Å². The van der Waals surface area contributed by atoms with Gasteiger partial charge in [0, 0.05) is 18.3 Å². The first kappa shape index (κ1) is 12.7. The second kappa shape index (κ2) is 5.44. The van der Waals surface area contributed by atoms with Crippen molar-refractivity contribution < 1.29 is 5.11 Å². The SMILES string of the molecule is CCNc1cc(O)c(N=O)cc1C.Cl. The van der Waals surface area contributed by atoms with E-state index in [0.717, 1.165) is 17.8 Å². The van der Waals surface area contributed by atoms with Gasteiger partial charge in [0.2, 0.25) is 0 Å². The highest BCUT2D eigenvalue weighted by molar-refractivity contribution is 5.85. The molecule has 78 valence electrons. The van der Waals surface area contributed by atoms with Gasteiger partial charge in [0.1, 0.15) is 11.4 Å². The Kier molecular flexibility index (Phi) is 4.94. The number of benzene rings is 1. The Labute approximate surface area is 88.7 Å². The van der Waals surface area contributed by atoms with Crippen LogP contribution in [0, 0.1) is 11.8 Å². The van der Waals surface area contributed by atoms with E-state index in [1.165, 1.54) is 6.07 Å². The first-order chi connectivity index (χ1) is 6.19. The molecule has 0 fully saturated rings. The molecule has 1 aromatic carbocycles. The van der Waals surface area contributed by atoms with Gasteiger partial charge in [0.05, 0.1) is 0 Å². The number of anilines is 1. The summed E-state index contributed by atoms with van der Waals surface area (Å²) in [4.78, 5) is 10.2. The summed E-state index contributed by atoms with van der Waals surface area (Å²) in [5.74, 6) is -0.0865. The third kappa shape index (κ3) is 2.60. The highest BCUT2D eigenvalue weighted by Crippen LogP contribution is 2.31. The van der Waals surface area contributed by atoms with Crippen molar-refractivity contribution >= 4 is 23.8 Å². The number of hydrogen-bond acceptors (Lipinski definition) is 4. The lowest BCUT2D eigenvalue weighted by Crippen LogP contribution is -1.98. The molecule has 0 atom stereocenters. The van der Waals surface area contributed by atoms with Crippen LogP contribution in [-0.4, -0.2) is 11.7 Å². The molecule has 0 aliphatic carbocycles. The van der Waals surface area contributed by atoms with Gasteiger partial charge in [0.25, 0.3) is 0 Å². The van der Waals surface area contributed by atoms with E-state index in [4.69, 9.17) is 0 Å². The van der Waals surface area contributed by atoms with Crippen molar-refractivity contribution in [1.82, 2.24) is 0 Å². The van der Waals surface area contributed by atoms with Crippen LogP contribution >= 0.6 is 12.4 Å². The number of phenolic OH excluding ortho intramolecular Hbond substituents is 1. The molecule has 0 saturated carbocycles. The van der Waals surface area contributed by atoms with Gasteiger partial charge in [-0.1, -0.05) is 0 Å². The fourth-order valence-corrected chi connectivity index (χ4v) is 1.14. The number of nitrogens with zero attached hydrogens (tertiary/aromatic N) is 1. The average Bonchev–Trinajstić information content (AvgIpc) is 2.11. The van der Waals surface area contributed by atoms with Crippen molar-refractivity contribution in [2.24, 2.45) is 5.18 Å². The highest BCUT2D eigenvalue weighted by atomic mass is 35.5. The Morgan fingerprint density at radius 2 is 2.14 bits per heavy atom. The topological polar surface area (TPSA) is 61.7 Å². The predicted molar refractivity (Wildman–Crippen MR) is 59.7 cm³/mol. The van der Waals surface area contributed by atoms with Crippen LogP contribution in [0.1, 0.15) is 12.5 Å². The first-order valence-corrected chi connectivity index (χ1v) is 4.10. The first-order valence-electron chi connectivity index (χ1n) is 4.10. The summed E-state index contributed by atoms with van der Waals surface area (Å²) < 4.78 is 0. The molecule has 0 spiro atoms. The lowest BCUT2D eigenvalue weighted by molar-refractivity contribution is 0.477. The summed E-state index contributed by atoms with van der Waals surface area (Å²) in [5, 5.41) is 15.1. The summed E-state index contributed by atoms with van der Waals surface area (Å²) in [6, 6.07) is 3.07. The summed E-state index contributed by atoms with van der Waals surface area (Å²) in [6.45, 7) is 4.59. The van der Waals surface area contributed by atoms with E-state index in [1.807, 2.05) is 13.8 Å². The normalized spacial score (nSPS) is 9.00. The average molecular weight is 217 g/mol. The van der Waals surface area contributed by atoms with Gasteiger partial charge < -0.3 is 10.4 Å². The van der Waals surface area contributed by atoms with Crippen LogP contribution in [0.25, 0.3) is 0 Å². The largest absolute Gasteiger partial charge is 0.505 e. The number of aryl methyl sites for hydroxylation is 1. The van der Waals surface area contributed by atoms with E-state index in [1.54, 1.807) is 6.07 Å². The predicted octanol–water partition coefficient (Wildman–Crippen LogP) is 2.95. The van der Waals surface area contributed by atoms with Crippen LogP contribution in [0.4, 0.5) is 11.4 Å². The maximum Gasteiger partial charge on any atom is 0.150 e. The zero-order valence-electron chi connectivity index (χ0n) is 8.07. The molecule has 0 amide bonds. The van der Waals surface area contributed by atoms with E-state index in [0.29, 0.717) is 0 Å². The molecular weight excluding hydrogens is 204 g/mol. The zero-order chi connectivity index (χ0) is 9.84. The number of aromatic hydroxyl groups is 1. The van der Waals surface area contributed by atoms with E-state index in [-0.39, 0.29) is 23.8 Å². The van der Waals surface area contributed by atoms with Crippen LogP contribution < -0.4 is 5.32 Å². The molecular formula is C9H13ClN2O2. The minimum Gasteiger partial charge on any atom is -0.505 e. The second-order valence-electron chi connectivity index (χ2n) is 2.78. The van der Waals surface area contributed by atoms with Gasteiger partial charge >= 0.3 is 0 Å². The number of halogens is 1. The van der Waals surface area contributed by atoms with Crippen LogP contribution in [0.5, 0.6) is 5.75 Å². The Hall–Kier alpha value is -1.29. The molecule has 0 aliphatic rings. The van der Waals surface area contributed by atoms with Gasteiger partial charge in [-0.2, -0.15) is 0 Å². The quantitative estimate of drug-likeness (QED) is 0.764. The van der Waals surface area contributed by atoms with Crippen LogP contribution in [0.3, 0.4) is 0 Å². The summed E-state index contributed by atoms with van der Waals surface area (Å²) in [5.41, 5.74) is 1.81.